The first-order valence-corrected chi connectivity index (χ1v) is 10.5. The smallest absolute Gasteiger partial charge is 0.317 e. The van der Waals surface area contributed by atoms with E-state index in [-0.39, 0.29) is 17.9 Å². The largest absolute Gasteiger partial charge is 0.451 e. The number of urea groups is 1. The first kappa shape index (κ1) is 19.7. The van der Waals surface area contributed by atoms with E-state index in [0.29, 0.717) is 22.7 Å². The Kier molecular flexibility index (Phi) is 5.19. The number of fused-ring (bicyclic) bond motifs is 1. The van der Waals surface area contributed by atoms with Crippen molar-refractivity contribution in [1.29, 1.82) is 0 Å². The van der Waals surface area contributed by atoms with Crippen LogP contribution < -0.4 is 5.32 Å². The van der Waals surface area contributed by atoms with Crippen molar-refractivity contribution in [1.82, 2.24) is 15.2 Å². The second kappa shape index (κ2) is 7.65. The van der Waals surface area contributed by atoms with Crippen molar-refractivity contribution in [3.63, 3.8) is 0 Å². The Labute approximate surface area is 171 Å². The number of furan rings is 1. The summed E-state index contributed by atoms with van der Waals surface area (Å²) in [4.78, 5) is 30.7. The Morgan fingerprint density at radius 3 is 2.83 bits per heavy atom. The van der Waals surface area contributed by atoms with Gasteiger partial charge in [-0.15, -0.1) is 0 Å². The molecular formula is C23H29N3O3. The Balaban J connectivity index is 1.31. The van der Waals surface area contributed by atoms with Crippen molar-refractivity contribution in [2.75, 3.05) is 13.1 Å². The molecule has 1 unspecified atom stereocenters. The molecule has 1 atom stereocenters. The lowest BCUT2D eigenvalue weighted by Gasteiger charge is -2.33. The number of hydrogen-bond donors (Lipinski definition) is 1. The highest BCUT2D eigenvalue weighted by atomic mass is 16.3. The number of nitrogens with zero attached hydrogens (tertiary/aromatic N) is 2. The Morgan fingerprint density at radius 1 is 1.38 bits per heavy atom. The predicted molar refractivity (Wildman–Crippen MR) is 112 cm³/mol. The number of carbonyl (C=O) groups is 2. The molecule has 4 rings (SSSR count). The van der Waals surface area contributed by atoms with Crippen LogP contribution in [0.1, 0.15) is 57.0 Å². The molecule has 0 bridgehead atoms. The average Bonchev–Trinajstić information content (AvgIpc) is 3.13. The van der Waals surface area contributed by atoms with Gasteiger partial charge in [0.25, 0.3) is 0 Å². The van der Waals surface area contributed by atoms with Crippen molar-refractivity contribution in [3.05, 3.63) is 41.9 Å². The minimum Gasteiger partial charge on any atom is -0.451 e. The first-order chi connectivity index (χ1) is 13.9. The molecule has 154 valence electrons. The Bertz CT molecular complexity index is 918. The van der Waals surface area contributed by atoms with Crippen molar-refractivity contribution in [2.45, 2.75) is 52.5 Å². The molecule has 6 nitrogen and oxygen atoms in total. The number of rotatable bonds is 5. The number of pyridine rings is 1. The molecule has 3 heterocycles. The van der Waals surface area contributed by atoms with E-state index < -0.39 is 0 Å². The lowest BCUT2D eigenvalue weighted by atomic mass is 9.89. The average molecular weight is 396 g/mol. The Hall–Kier alpha value is -2.63. The van der Waals surface area contributed by atoms with E-state index in [1.54, 1.807) is 24.5 Å². The molecule has 1 saturated carbocycles. The summed E-state index contributed by atoms with van der Waals surface area (Å²) < 4.78 is 5.62. The molecular weight excluding hydrogens is 366 g/mol. The second-order valence-electron chi connectivity index (χ2n) is 8.94. The molecule has 0 radical (unpaired) electrons. The van der Waals surface area contributed by atoms with Crippen LogP contribution in [0.25, 0.3) is 11.0 Å². The fourth-order valence-corrected chi connectivity index (χ4v) is 4.57. The number of hydrogen-bond acceptors (Lipinski definition) is 4. The van der Waals surface area contributed by atoms with Crippen LogP contribution in [0.5, 0.6) is 0 Å². The molecule has 1 aliphatic heterocycles. The maximum Gasteiger partial charge on any atom is 0.317 e. The highest BCUT2D eigenvalue weighted by Gasteiger charge is 2.54. The van der Waals surface area contributed by atoms with Gasteiger partial charge in [0.15, 0.2) is 11.3 Å². The summed E-state index contributed by atoms with van der Waals surface area (Å²) in [7, 11) is 0. The minimum absolute atomic E-state index is 0.0507. The summed E-state index contributed by atoms with van der Waals surface area (Å²) in [6, 6.07) is 3.84. The fraction of sp³-hybridized carbons (Fsp3) is 0.522. The number of nitrogens with one attached hydrogen (secondary N) is 1. The normalized spacial score (nSPS) is 21.0. The van der Waals surface area contributed by atoms with Crippen LogP contribution in [0.3, 0.4) is 0 Å². The third-order valence-electron chi connectivity index (χ3n) is 6.33. The lowest BCUT2D eigenvalue weighted by Crippen LogP contribution is -2.47. The van der Waals surface area contributed by atoms with Crippen LogP contribution in [0.2, 0.25) is 0 Å². The SMILES string of the molecule is C/C(=C/C(=O)c1cc2ccncc2o1)CC1CC12CCN(C(=O)NC(C)C)CC2. The zero-order valence-electron chi connectivity index (χ0n) is 17.4. The van der Waals surface area contributed by atoms with Crippen molar-refractivity contribution in [2.24, 2.45) is 11.3 Å². The quantitative estimate of drug-likeness (QED) is 0.594. The van der Waals surface area contributed by atoms with E-state index in [0.717, 1.165) is 43.3 Å². The van der Waals surface area contributed by atoms with Gasteiger partial charge in [-0.25, -0.2) is 4.79 Å². The van der Waals surface area contributed by atoms with Crippen LogP contribution >= 0.6 is 0 Å². The molecule has 29 heavy (non-hydrogen) atoms. The number of ketones is 1. The molecule has 1 spiro atoms. The van der Waals surface area contributed by atoms with E-state index in [2.05, 4.69) is 10.3 Å². The van der Waals surface area contributed by atoms with Crippen LogP contribution in [0, 0.1) is 11.3 Å². The predicted octanol–water partition coefficient (Wildman–Crippen LogP) is 4.57. The van der Waals surface area contributed by atoms with Crippen molar-refractivity contribution in [3.8, 4) is 0 Å². The first-order valence-electron chi connectivity index (χ1n) is 10.5. The minimum atomic E-state index is -0.0893. The van der Waals surface area contributed by atoms with E-state index >= 15 is 0 Å². The second-order valence-corrected chi connectivity index (χ2v) is 8.94. The van der Waals surface area contributed by atoms with Gasteiger partial charge in [-0.05, 0) is 76.0 Å². The van der Waals surface area contributed by atoms with Crippen LogP contribution in [0.4, 0.5) is 4.79 Å². The highest BCUT2D eigenvalue weighted by molar-refractivity contribution is 6.05. The van der Waals surface area contributed by atoms with Gasteiger partial charge in [0.1, 0.15) is 0 Å². The van der Waals surface area contributed by atoms with Crippen molar-refractivity contribution >= 4 is 22.8 Å². The number of amides is 2. The van der Waals surface area contributed by atoms with Gasteiger partial charge in [0, 0.05) is 30.7 Å². The fourth-order valence-electron chi connectivity index (χ4n) is 4.57. The maximum absolute atomic E-state index is 12.6. The summed E-state index contributed by atoms with van der Waals surface area (Å²) in [6.45, 7) is 7.64. The van der Waals surface area contributed by atoms with Crippen LogP contribution in [0.15, 0.2) is 40.6 Å². The topological polar surface area (TPSA) is 75.4 Å². The number of piperidine rings is 1. The van der Waals surface area contributed by atoms with Gasteiger partial charge >= 0.3 is 6.03 Å². The molecule has 1 aliphatic carbocycles. The van der Waals surface area contributed by atoms with Gasteiger partial charge in [-0.2, -0.15) is 0 Å². The molecule has 1 N–H and O–H groups in total. The van der Waals surface area contributed by atoms with E-state index in [9.17, 15) is 9.59 Å². The summed E-state index contributed by atoms with van der Waals surface area (Å²) in [6.07, 6.45) is 9.28. The number of carbonyl (C=O) groups excluding carboxylic acids is 2. The third kappa shape index (κ3) is 4.21. The molecule has 2 aromatic rings. The Morgan fingerprint density at radius 2 is 2.14 bits per heavy atom. The highest BCUT2D eigenvalue weighted by Crippen LogP contribution is 2.61. The van der Waals surface area contributed by atoms with Crippen LogP contribution in [-0.2, 0) is 0 Å². The monoisotopic (exact) mass is 395 g/mol. The van der Waals surface area contributed by atoms with E-state index in [1.165, 1.54) is 6.42 Å². The number of allylic oxidation sites excluding steroid dienone is 2. The van der Waals surface area contributed by atoms with Gasteiger partial charge in [0.2, 0.25) is 5.78 Å². The molecule has 2 amide bonds. The van der Waals surface area contributed by atoms with E-state index in [4.69, 9.17) is 4.42 Å². The van der Waals surface area contributed by atoms with Crippen LogP contribution in [-0.4, -0.2) is 40.8 Å². The summed E-state index contributed by atoms with van der Waals surface area (Å²) in [5.41, 5.74) is 2.09. The standard InChI is InChI=1S/C23H29N3O3/c1-15(2)25-22(28)26-8-5-23(6-9-26)13-18(23)10-16(3)11-19(27)20-12-17-4-7-24-14-21(17)29-20/h4,7,11-12,14-15,18H,5-6,8-10,13H2,1-3H3,(H,25,28)/b16-11-. The maximum atomic E-state index is 12.6. The molecule has 6 heteroatoms. The molecule has 2 aliphatic rings. The lowest BCUT2D eigenvalue weighted by molar-refractivity contribution is 0.102. The summed E-state index contributed by atoms with van der Waals surface area (Å²) in [5, 5.41) is 3.87. The zero-order valence-corrected chi connectivity index (χ0v) is 17.4. The molecule has 1 saturated heterocycles. The summed E-state index contributed by atoms with van der Waals surface area (Å²) >= 11 is 0. The van der Waals surface area contributed by atoms with E-state index in [1.807, 2.05) is 31.7 Å². The van der Waals surface area contributed by atoms with Gasteiger partial charge in [-0.3, -0.25) is 9.78 Å². The molecule has 0 aromatic carbocycles. The zero-order chi connectivity index (χ0) is 20.6. The van der Waals surface area contributed by atoms with Gasteiger partial charge in [-0.1, -0.05) is 5.57 Å². The van der Waals surface area contributed by atoms with Gasteiger partial charge < -0.3 is 14.6 Å². The number of aromatic nitrogens is 1. The molecule has 2 aromatic heterocycles. The number of likely N-dealkylation sites (tertiary alicyclic amines) is 1. The molecule has 2 fully saturated rings. The van der Waals surface area contributed by atoms with Crippen molar-refractivity contribution < 1.29 is 14.0 Å². The third-order valence-corrected chi connectivity index (χ3v) is 6.33. The van der Waals surface area contributed by atoms with Gasteiger partial charge in [0.05, 0.1) is 6.20 Å². The summed E-state index contributed by atoms with van der Waals surface area (Å²) in [5.74, 6) is 0.887.